The predicted octanol–water partition coefficient (Wildman–Crippen LogP) is 1.02. The van der Waals surface area contributed by atoms with E-state index < -0.39 is 6.17 Å². The first-order valence-corrected chi connectivity index (χ1v) is 8.44. The Labute approximate surface area is 150 Å². The van der Waals surface area contributed by atoms with Crippen LogP contribution in [0.2, 0.25) is 0 Å². The molecule has 0 atom stereocenters. The zero-order valence-electron chi connectivity index (χ0n) is 14.7. The van der Waals surface area contributed by atoms with Crippen molar-refractivity contribution >= 4 is 17.4 Å². The number of hydrogen-bond acceptors (Lipinski definition) is 4. The van der Waals surface area contributed by atoms with Gasteiger partial charge in [0.05, 0.1) is 49.3 Å². The van der Waals surface area contributed by atoms with E-state index in [0.29, 0.717) is 31.7 Å². The molecule has 0 aromatic carbocycles. The van der Waals surface area contributed by atoms with E-state index in [1.807, 2.05) is 30.3 Å². The van der Waals surface area contributed by atoms with Crippen LogP contribution in [-0.2, 0) is 20.1 Å². The van der Waals surface area contributed by atoms with Crippen LogP contribution in [0.25, 0.3) is 0 Å². The molecule has 1 saturated heterocycles. The Balaban J connectivity index is 1.40. The Hall–Kier alpha value is -2.97. The van der Waals surface area contributed by atoms with Crippen LogP contribution >= 0.6 is 0 Å². The fourth-order valence-electron chi connectivity index (χ4n) is 3.17. The summed E-state index contributed by atoms with van der Waals surface area (Å²) in [6.45, 7) is 1.76. The van der Waals surface area contributed by atoms with Gasteiger partial charge in [-0.15, -0.1) is 0 Å². The van der Waals surface area contributed by atoms with Gasteiger partial charge in [0, 0.05) is 26.5 Å². The normalized spacial score (nSPS) is 18.1. The second-order valence-corrected chi connectivity index (χ2v) is 6.46. The number of hydrogen-bond donors (Lipinski definition) is 0. The number of carbonyl (C=O) groups excluding carboxylic acids is 1. The van der Waals surface area contributed by atoms with Gasteiger partial charge < -0.3 is 4.90 Å². The molecule has 0 unspecified atom stereocenters. The monoisotopic (exact) mass is 357 g/mol. The summed E-state index contributed by atoms with van der Waals surface area (Å²) >= 11 is 0. The predicted molar refractivity (Wildman–Crippen MR) is 94.9 cm³/mol. The summed E-state index contributed by atoms with van der Waals surface area (Å²) in [4.78, 5) is 20.3. The molecule has 136 valence electrons. The van der Waals surface area contributed by atoms with Crippen molar-refractivity contribution in [3.05, 3.63) is 42.0 Å². The number of amidine groups is 1. The summed E-state index contributed by atoms with van der Waals surface area (Å²) < 4.78 is 16.4. The highest BCUT2D eigenvalue weighted by molar-refractivity contribution is 6.09. The lowest BCUT2D eigenvalue weighted by Crippen LogP contribution is -2.50. The number of aromatic nitrogens is 4. The molecule has 2 aromatic heterocycles. The highest BCUT2D eigenvalue weighted by atomic mass is 19.1. The second kappa shape index (κ2) is 6.40. The molecule has 4 heterocycles. The standard InChI is InChI=1S/C17H20FN7O/c1-19-16(23-7-12(18)8-23)4-3-5-24-10-14-15(21-24)11-25(17(14)26)13-6-20-22(2)9-13/h3-4,6,9-10,12H,5,7-8,11H2,1-2H3/b4-3-,19-16?. The van der Waals surface area contributed by atoms with Crippen molar-refractivity contribution in [1.82, 2.24) is 24.5 Å². The summed E-state index contributed by atoms with van der Waals surface area (Å²) in [6.07, 6.45) is 8.26. The number of fused-ring (bicyclic) bond motifs is 1. The van der Waals surface area contributed by atoms with Crippen LogP contribution in [0.1, 0.15) is 16.1 Å². The first-order chi connectivity index (χ1) is 12.5. The van der Waals surface area contributed by atoms with E-state index in [1.54, 1.807) is 33.7 Å². The summed E-state index contributed by atoms with van der Waals surface area (Å²) in [5, 5.41) is 8.61. The quantitative estimate of drug-likeness (QED) is 0.605. The average molecular weight is 357 g/mol. The Bertz CT molecular complexity index is 891. The van der Waals surface area contributed by atoms with Crippen molar-refractivity contribution in [2.24, 2.45) is 12.0 Å². The van der Waals surface area contributed by atoms with Gasteiger partial charge >= 0.3 is 0 Å². The molecular formula is C17H20FN7O. The van der Waals surface area contributed by atoms with E-state index in [-0.39, 0.29) is 5.91 Å². The van der Waals surface area contributed by atoms with Crippen LogP contribution < -0.4 is 4.90 Å². The zero-order valence-corrected chi connectivity index (χ0v) is 14.7. The van der Waals surface area contributed by atoms with E-state index in [9.17, 15) is 9.18 Å². The number of anilines is 1. The second-order valence-electron chi connectivity index (χ2n) is 6.46. The van der Waals surface area contributed by atoms with Gasteiger partial charge in [-0.2, -0.15) is 10.2 Å². The number of aryl methyl sites for hydroxylation is 1. The van der Waals surface area contributed by atoms with Crippen molar-refractivity contribution in [1.29, 1.82) is 0 Å². The third-order valence-corrected chi connectivity index (χ3v) is 4.57. The topological polar surface area (TPSA) is 71.5 Å². The number of nitrogens with zero attached hydrogens (tertiary/aromatic N) is 7. The van der Waals surface area contributed by atoms with E-state index in [0.717, 1.165) is 17.2 Å². The smallest absolute Gasteiger partial charge is 0.262 e. The number of likely N-dealkylation sites (tertiary alicyclic amines) is 1. The molecule has 0 saturated carbocycles. The Kier molecular flexibility index (Phi) is 4.06. The maximum atomic E-state index is 13.0. The van der Waals surface area contributed by atoms with Gasteiger partial charge in [-0.1, -0.05) is 6.08 Å². The van der Waals surface area contributed by atoms with Crippen LogP contribution in [0.3, 0.4) is 0 Å². The SMILES string of the molecule is CN=C(/C=C\Cn1cc2c(n1)CN(c1cnn(C)c1)C2=O)N1CC(F)C1. The number of alkyl halides is 1. The minimum atomic E-state index is -0.761. The van der Waals surface area contributed by atoms with Gasteiger partial charge in [-0.05, 0) is 6.08 Å². The average Bonchev–Trinajstić information content (AvgIpc) is 3.26. The van der Waals surface area contributed by atoms with Crippen molar-refractivity contribution in [3.63, 3.8) is 0 Å². The van der Waals surface area contributed by atoms with Gasteiger partial charge in [-0.3, -0.25) is 24.1 Å². The molecule has 2 aromatic rings. The largest absolute Gasteiger partial charge is 0.351 e. The summed E-state index contributed by atoms with van der Waals surface area (Å²) in [6, 6.07) is 0. The van der Waals surface area contributed by atoms with Crippen molar-refractivity contribution in [2.45, 2.75) is 19.3 Å². The highest BCUT2D eigenvalue weighted by Crippen LogP contribution is 2.26. The van der Waals surface area contributed by atoms with Gasteiger partial charge in [0.1, 0.15) is 12.0 Å². The fraction of sp³-hybridized carbons (Fsp3) is 0.412. The van der Waals surface area contributed by atoms with Crippen LogP contribution in [-0.4, -0.2) is 62.5 Å². The minimum absolute atomic E-state index is 0.0615. The van der Waals surface area contributed by atoms with Crippen LogP contribution in [0.5, 0.6) is 0 Å². The maximum Gasteiger partial charge on any atom is 0.262 e. The molecule has 0 N–H and O–H groups in total. The lowest BCUT2D eigenvalue weighted by atomic mass is 10.2. The van der Waals surface area contributed by atoms with Crippen molar-refractivity contribution in [3.8, 4) is 0 Å². The molecule has 0 radical (unpaired) electrons. The van der Waals surface area contributed by atoms with E-state index in [4.69, 9.17) is 0 Å². The molecule has 0 spiro atoms. The number of halogens is 1. The van der Waals surface area contributed by atoms with E-state index in [1.165, 1.54) is 0 Å². The van der Waals surface area contributed by atoms with Crippen molar-refractivity contribution < 1.29 is 9.18 Å². The Morgan fingerprint density at radius 1 is 1.42 bits per heavy atom. The summed E-state index contributed by atoms with van der Waals surface area (Å²) in [5.74, 6) is 0.700. The third kappa shape index (κ3) is 2.89. The van der Waals surface area contributed by atoms with Crippen molar-refractivity contribution in [2.75, 3.05) is 25.0 Å². The number of aliphatic imine (C=N–C) groups is 1. The highest BCUT2D eigenvalue weighted by Gasteiger charge is 2.32. The lowest BCUT2D eigenvalue weighted by molar-refractivity contribution is 0.0996. The molecule has 1 amide bonds. The summed E-state index contributed by atoms with van der Waals surface area (Å²) in [5.41, 5.74) is 2.15. The zero-order chi connectivity index (χ0) is 18.3. The Morgan fingerprint density at radius 2 is 2.23 bits per heavy atom. The van der Waals surface area contributed by atoms with Crippen LogP contribution in [0, 0.1) is 0 Å². The van der Waals surface area contributed by atoms with Gasteiger partial charge in [0.15, 0.2) is 0 Å². The minimum Gasteiger partial charge on any atom is -0.351 e. The lowest BCUT2D eigenvalue weighted by Gasteiger charge is -2.35. The molecular weight excluding hydrogens is 337 g/mol. The van der Waals surface area contributed by atoms with Gasteiger partial charge in [0.25, 0.3) is 5.91 Å². The van der Waals surface area contributed by atoms with Gasteiger partial charge in [-0.25, -0.2) is 4.39 Å². The first kappa shape index (κ1) is 16.5. The molecule has 9 heteroatoms. The number of allylic oxidation sites excluding steroid dienone is 1. The number of rotatable bonds is 4. The van der Waals surface area contributed by atoms with E-state index >= 15 is 0 Å². The Morgan fingerprint density at radius 3 is 2.85 bits per heavy atom. The molecule has 4 rings (SSSR count). The summed E-state index contributed by atoms with van der Waals surface area (Å²) in [7, 11) is 3.51. The molecule has 1 fully saturated rings. The number of carbonyl (C=O) groups is 1. The maximum absolute atomic E-state index is 13.0. The van der Waals surface area contributed by atoms with Crippen LogP contribution in [0.15, 0.2) is 35.7 Å². The fourth-order valence-corrected chi connectivity index (χ4v) is 3.17. The molecule has 26 heavy (non-hydrogen) atoms. The molecule has 0 aliphatic carbocycles. The third-order valence-electron chi connectivity index (χ3n) is 4.57. The first-order valence-electron chi connectivity index (χ1n) is 8.44. The molecule has 0 bridgehead atoms. The van der Waals surface area contributed by atoms with Crippen LogP contribution in [0.4, 0.5) is 10.1 Å². The molecule has 2 aliphatic heterocycles. The molecule has 8 nitrogen and oxygen atoms in total. The van der Waals surface area contributed by atoms with Gasteiger partial charge in [0.2, 0.25) is 0 Å². The molecule has 2 aliphatic rings. The van der Waals surface area contributed by atoms with E-state index in [2.05, 4.69) is 15.2 Å². The number of amides is 1.